The number of hydrogen-bond acceptors (Lipinski definition) is 5. The van der Waals surface area contributed by atoms with Crippen molar-refractivity contribution < 1.29 is 9.53 Å². The van der Waals surface area contributed by atoms with Crippen molar-refractivity contribution >= 4 is 23.1 Å². The molecule has 0 atom stereocenters. The van der Waals surface area contributed by atoms with Crippen molar-refractivity contribution in [2.45, 2.75) is 19.5 Å². The highest BCUT2D eigenvalue weighted by Gasteiger charge is 2.16. The van der Waals surface area contributed by atoms with Crippen molar-refractivity contribution in [2.75, 3.05) is 38.7 Å². The van der Waals surface area contributed by atoms with Crippen LogP contribution in [0, 0.1) is 0 Å². The minimum atomic E-state index is -0.200. The topological polar surface area (TPSA) is 71.4 Å². The molecule has 0 radical (unpaired) electrons. The molecule has 130 valence electrons. The van der Waals surface area contributed by atoms with Crippen LogP contribution in [0.4, 0.5) is 10.5 Å². The van der Waals surface area contributed by atoms with E-state index < -0.39 is 0 Å². The highest BCUT2D eigenvalue weighted by atomic mass is 32.1. The van der Waals surface area contributed by atoms with Gasteiger partial charge in [0.1, 0.15) is 0 Å². The molecule has 0 bridgehead atoms. The van der Waals surface area contributed by atoms with E-state index in [1.54, 1.807) is 24.2 Å². The molecular weight excluding hydrogens is 326 g/mol. The highest BCUT2D eigenvalue weighted by Crippen LogP contribution is 2.23. The summed E-state index contributed by atoms with van der Waals surface area (Å²) in [4.78, 5) is 15.8. The van der Waals surface area contributed by atoms with Crippen molar-refractivity contribution in [1.29, 1.82) is 0 Å². The molecule has 3 rings (SSSR count). The van der Waals surface area contributed by atoms with Gasteiger partial charge in [-0.05, 0) is 23.4 Å². The molecule has 0 aliphatic carbocycles. The average molecular weight is 349 g/mol. The Morgan fingerprint density at radius 3 is 3.25 bits per heavy atom. The first kappa shape index (κ1) is 16.9. The molecule has 0 aromatic carbocycles. The van der Waals surface area contributed by atoms with Crippen LogP contribution in [-0.4, -0.2) is 54.1 Å². The number of carbonyl (C=O) groups excluding carboxylic acids is 1. The summed E-state index contributed by atoms with van der Waals surface area (Å²) < 4.78 is 6.74. The molecule has 8 heteroatoms. The lowest BCUT2D eigenvalue weighted by Gasteiger charge is -2.26. The third-order valence-corrected chi connectivity index (χ3v) is 5.04. The van der Waals surface area contributed by atoms with Crippen LogP contribution in [-0.2, 0) is 24.2 Å². The quantitative estimate of drug-likeness (QED) is 0.799. The summed E-state index contributed by atoms with van der Waals surface area (Å²) in [7, 11) is 1.65. The van der Waals surface area contributed by atoms with E-state index in [4.69, 9.17) is 4.74 Å². The number of urea groups is 1. The van der Waals surface area contributed by atoms with Crippen LogP contribution in [0.5, 0.6) is 0 Å². The van der Waals surface area contributed by atoms with Crippen molar-refractivity contribution in [3.8, 4) is 0 Å². The molecule has 0 saturated heterocycles. The minimum absolute atomic E-state index is 0.200. The predicted octanol–water partition coefficient (Wildman–Crippen LogP) is 1.77. The van der Waals surface area contributed by atoms with E-state index in [0.29, 0.717) is 25.4 Å². The van der Waals surface area contributed by atoms with Gasteiger partial charge in [-0.25, -0.2) is 4.79 Å². The average Bonchev–Trinajstić information content (AvgIpc) is 3.21. The fourth-order valence-electron chi connectivity index (χ4n) is 2.74. The highest BCUT2D eigenvalue weighted by molar-refractivity contribution is 7.10. The fourth-order valence-corrected chi connectivity index (χ4v) is 3.63. The standard InChI is InChI=1S/C16H23N5O2S/c1-23-8-7-21-12-14(10-18-21)19-16(22)17-4-6-20-5-2-15-13(11-20)3-9-24-15/h3,9-10,12H,2,4-8,11H2,1H3,(H2,17,19,22). The lowest BCUT2D eigenvalue weighted by molar-refractivity contribution is 0.183. The second-order valence-electron chi connectivity index (χ2n) is 5.76. The number of anilines is 1. The Bertz CT molecular complexity index is 669. The van der Waals surface area contributed by atoms with E-state index in [9.17, 15) is 4.79 Å². The number of amides is 2. The zero-order valence-electron chi connectivity index (χ0n) is 13.8. The van der Waals surface area contributed by atoms with Gasteiger partial charge in [0.05, 0.1) is 25.0 Å². The molecule has 0 spiro atoms. The van der Waals surface area contributed by atoms with Gasteiger partial charge < -0.3 is 15.4 Å². The van der Waals surface area contributed by atoms with E-state index in [0.717, 1.165) is 26.1 Å². The second kappa shape index (κ2) is 8.27. The molecular formula is C16H23N5O2S. The summed E-state index contributed by atoms with van der Waals surface area (Å²) in [5.74, 6) is 0. The van der Waals surface area contributed by atoms with Gasteiger partial charge in [0.2, 0.25) is 0 Å². The number of carbonyl (C=O) groups is 1. The first-order valence-corrected chi connectivity index (χ1v) is 8.96. The Labute approximate surface area is 145 Å². The van der Waals surface area contributed by atoms with E-state index >= 15 is 0 Å². The van der Waals surface area contributed by atoms with Gasteiger partial charge >= 0.3 is 6.03 Å². The van der Waals surface area contributed by atoms with Gasteiger partial charge in [-0.3, -0.25) is 9.58 Å². The zero-order valence-corrected chi connectivity index (χ0v) is 14.6. The molecule has 7 nitrogen and oxygen atoms in total. The van der Waals surface area contributed by atoms with Gasteiger partial charge in [0, 0.05) is 44.4 Å². The molecule has 24 heavy (non-hydrogen) atoms. The van der Waals surface area contributed by atoms with Crippen LogP contribution in [0.2, 0.25) is 0 Å². The monoisotopic (exact) mass is 349 g/mol. The van der Waals surface area contributed by atoms with Crippen LogP contribution in [0.3, 0.4) is 0 Å². The molecule has 1 aliphatic rings. The Morgan fingerprint density at radius 1 is 1.46 bits per heavy atom. The number of methoxy groups -OCH3 is 1. The number of aromatic nitrogens is 2. The van der Waals surface area contributed by atoms with Crippen LogP contribution in [0.1, 0.15) is 10.4 Å². The lowest BCUT2D eigenvalue weighted by atomic mass is 10.1. The second-order valence-corrected chi connectivity index (χ2v) is 6.76. The summed E-state index contributed by atoms with van der Waals surface area (Å²) in [5.41, 5.74) is 2.11. The van der Waals surface area contributed by atoms with Gasteiger partial charge in [-0.15, -0.1) is 11.3 Å². The molecule has 2 aromatic rings. The maximum absolute atomic E-state index is 11.9. The lowest BCUT2D eigenvalue weighted by Crippen LogP contribution is -2.38. The molecule has 0 saturated carbocycles. The molecule has 1 aliphatic heterocycles. The van der Waals surface area contributed by atoms with Crippen molar-refractivity contribution in [2.24, 2.45) is 0 Å². The van der Waals surface area contributed by atoms with Crippen LogP contribution < -0.4 is 10.6 Å². The minimum Gasteiger partial charge on any atom is -0.383 e. The number of nitrogens with one attached hydrogen (secondary N) is 2. The molecule has 2 N–H and O–H groups in total. The summed E-state index contributed by atoms with van der Waals surface area (Å²) in [6.07, 6.45) is 4.54. The maximum Gasteiger partial charge on any atom is 0.319 e. The Kier molecular flexibility index (Phi) is 5.84. The summed E-state index contributed by atoms with van der Waals surface area (Å²) in [6.45, 7) is 4.78. The van der Waals surface area contributed by atoms with Gasteiger partial charge in [0.25, 0.3) is 0 Å². The maximum atomic E-state index is 11.9. The van der Waals surface area contributed by atoms with Gasteiger partial charge in [-0.2, -0.15) is 5.10 Å². The molecule has 0 fully saturated rings. The molecule has 2 aromatic heterocycles. The normalized spacial score (nSPS) is 14.4. The number of rotatable bonds is 7. The SMILES string of the molecule is COCCn1cc(NC(=O)NCCN2CCc3sccc3C2)cn1. The van der Waals surface area contributed by atoms with E-state index in [1.807, 2.05) is 11.3 Å². The summed E-state index contributed by atoms with van der Waals surface area (Å²) >= 11 is 1.84. The first-order valence-electron chi connectivity index (χ1n) is 8.08. The predicted molar refractivity (Wildman–Crippen MR) is 94.4 cm³/mol. The Morgan fingerprint density at radius 2 is 2.38 bits per heavy atom. The van der Waals surface area contributed by atoms with Crippen LogP contribution in [0.15, 0.2) is 23.8 Å². The Hall–Kier alpha value is -1.90. The first-order chi connectivity index (χ1) is 11.7. The fraction of sp³-hybridized carbons (Fsp3) is 0.500. The summed E-state index contributed by atoms with van der Waals surface area (Å²) in [5, 5.41) is 12.0. The van der Waals surface area contributed by atoms with Crippen molar-refractivity contribution in [1.82, 2.24) is 20.0 Å². The third-order valence-electron chi connectivity index (χ3n) is 4.02. The van der Waals surface area contributed by atoms with E-state index in [1.165, 1.54) is 10.4 Å². The van der Waals surface area contributed by atoms with Crippen LogP contribution in [0.25, 0.3) is 0 Å². The number of thiophene rings is 1. The molecule has 2 amide bonds. The summed E-state index contributed by atoms with van der Waals surface area (Å²) in [6, 6.07) is 2.00. The van der Waals surface area contributed by atoms with Crippen molar-refractivity contribution in [3.63, 3.8) is 0 Å². The van der Waals surface area contributed by atoms with Gasteiger partial charge in [0.15, 0.2) is 0 Å². The van der Waals surface area contributed by atoms with Crippen molar-refractivity contribution in [3.05, 3.63) is 34.3 Å². The van der Waals surface area contributed by atoms with Gasteiger partial charge in [-0.1, -0.05) is 0 Å². The van der Waals surface area contributed by atoms with E-state index in [2.05, 4.69) is 32.1 Å². The molecule has 3 heterocycles. The number of hydrogen-bond donors (Lipinski definition) is 2. The number of fused-ring (bicyclic) bond motifs is 1. The van der Waals surface area contributed by atoms with Crippen LogP contribution >= 0.6 is 11.3 Å². The zero-order chi connectivity index (χ0) is 16.8. The Balaban J connectivity index is 1.36. The van der Waals surface area contributed by atoms with E-state index in [-0.39, 0.29) is 6.03 Å². The molecule has 0 unspecified atom stereocenters. The number of ether oxygens (including phenoxy) is 1. The third kappa shape index (κ3) is 4.56. The smallest absolute Gasteiger partial charge is 0.319 e. The largest absolute Gasteiger partial charge is 0.383 e. The number of nitrogens with zero attached hydrogens (tertiary/aromatic N) is 3.